The fourth-order valence-electron chi connectivity index (χ4n) is 2.29. The molecule has 0 bridgehead atoms. The van der Waals surface area contributed by atoms with Crippen molar-refractivity contribution in [3.63, 3.8) is 0 Å². The van der Waals surface area contributed by atoms with Gasteiger partial charge in [-0.15, -0.1) is 0 Å². The van der Waals surface area contributed by atoms with Crippen LogP contribution in [0.25, 0.3) is 0 Å². The summed E-state index contributed by atoms with van der Waals surface area (Å²) in [4.78, 5) is 3.06. The van der Waals surface area contributed by atoms with E-state index in [4.69, 9.17) is 18.0 Å². The lowest BCUT2D eigenvalue weighted by Crippen LogP contribution is -2.38. The minimum absolute atomic E-state index is 0.556. The molecule has 15 heavy (non-hydrogen) atoms. The summed E-state index contributed by atoms with van der Waals surface area (Å²) in [6.45, 7) is 5.76. The van der Waals surface area contributed by atoms with Crippen LogP contribution < -0.4 is 5.73 Å². The Hall–Kier alpha value is -0.150. The van der Waals surface area contributed by atoms with E-state index in [1.807, 2.05) is 0 Å². The topological polar surface area (TPSA) is 29.3 Å². The third-order valence-corrected chi connectivity index (χ3v) is 3.85. The highest BCUT2D eigenvalue weighted by atomic mass is 32.1. The van der Waals surface area contributed by atoms with Gasteiger partial charge in [-0.05, 0) is 38.1 Å². The van der Waals surface area contributed by atoms with Crippen LogP contribution in [0.1, 0.15) is 46.0 Å². The Balaban J connectivity index is 2.30. The Kier molecular flexibility index (Phi) is 4.53. The zero-order chi connectivity index (χ0) is 11.5. The van der Waals surface area contributed by atoms with Gasteiger partial charge in [0.15, 0.2) is 0 Å². The maximum Gasteiger partial charge on any atom is 0.0740 e. The van der Waals surface area contributed by atoms with Gasteiger partial charge < -0.3 is 10.6 Å². The van der Waals surface area contributed by atoms with E-state index in [1.165, 1.54) is 25.7 Å². The van der Waals surface area contributed by atoms with Gasteiger partial charge in [-0.2, -0.15) is 0 Å². The molecule has 88 valence electrons. The van der Waals surface area contributed by atoms with Gasteiger partial charge in [0.2, 0.25) is 0 Å². The van der Waals surface area contributed by atoms with Crippen LogP contribution >= 0.6 is 12.2 Å². The molecule has 0 aromatic heterocycles. The number of thiocarbonyl (C=S) groups is 1. The van der Waals surface area contributed by atoms with Crippen LogP contribution in [0, 0.1) is 5.41 Å². The van der Waals surface area contributed by atoms with Gasteiger partial charge in [0.1, 0.15) is 0 Å². The van der Waals surface area contributed by atoms with Crippen molar-refractivity contribution in [3.8, 4) is 0 Å². The third kappa shape index (κ3) is 4.47. The summed E-state index contributed by atoms with van der Waals surface area (Å²) in [5.41, 5.74) is 6.07. The highest BCUT2D eigenvalue weighted by Crippen LogP contribution is 2.36. The number of hydrogen-bond acceptors (Lipinski definition) is 2. The average molecular weight is 228 g/mol. The van der Waals surface area contributed by atoms with Crippen LogP contribution in [0.15, 0.2) is 0 Å². The standard InChI is InChI=1S/C12H24N2S/c1-12(2)7-4-10(5-8-12)14(3)9-6-11(13)15/h10H,4-9H2,1-3H3,(H2,13,15). The third-order valence-electron chi connectivity index (χ3n) is 3.64. The molecule has 3 heteroatoms. The van der Waals surface area contributed by atoms with E-state index in [0.29, 0.717) is 10.4 Å². The maximum atomic E-state index is 5.52. The summed E-state index contributed by atoms with van der Waals surface area (Å²) < 4.78 is 0. The molecule has 1 aliphatic rings. The first kappa shape index (κ1) is 12.9. The lowest BCUT2D eigenvalue weighted by atomic mass is 9.75. The molecule has 1 rings (SSSR count). The molecule has 0 aromatic carbocycles. The predicted molar refractivity (Wildman–Crippen MR) is 70.1 cm³/mol. The van der Waals surface area contributed by atoms with E-state index in [-0.39, 0.29) is 0 Å². The van der Waals surface area contributed by atoms with Gasteiger partial charge in [-0.3, -0.25) is 0 Å². The van der Waals surface area contributed by atoms with E-state index in [2.05, 4.69) is 25.8 Å². The molecular weight excluding hydrogens is 204 g/mol. The highest BCUT2D eigenvalue weighted by molar-refractivity contribution is 7.80. The van der Waals surface area contributed by atoms with E-state index in [9.17, 15) is 0 Å². The fraction of sp³-hybridized carbons (Fsp3) is 0.917. The largest absolute Gasteiger partial charge is 0.393 e. The van der Waals surface area contributed by atoms with Crippen LogP contribution in [0.5, 0.6) is 0 Å². The number of rotatable bonds is 4. The Morgan fingerprint density at radius 1 is 1.40 bits per heavy atom. The normalized spacial score (nSPS) is 21.9. The van der Waals surface area contributed by atoms with E-state index in [1.54, 1.807) is 0 Å². The van der Waals surface area contributed by atoms with Crippen molar-refractivity contribution in [2.75, 3.05) is 13.6 Å². The Morgan fingerprint density at radius 3 is 2.40 bits per heavy atom. The second-order valence-corrected chi connectivity index (χ2v) is 6.12. The van der Waals surface area contributed by atoms with Crippen molar-refractivity contribution in [2.24, 2.45) is 11.1 Å². The molecule has 0 aliphatic heterocycles. The van der Waals surface area contributed by atoms with E-state index < -0.39 is 0 Å². The van der Waals surface area contributed by atoms with Gasteiger partial charge in [0, 0.05) is 19.0 Å². The number of hydrogen-bond donors (Lipinski definition) is 1. The number of nitrogens with two attached hydrogens (primary N) is 1. The van der Waals surface area contributed by atoms with Crippen LogP contribution in [0.4, 0.5) is 0 Å². The molecule has 0 aromatic rings. The van der Waals surface area contributed by atoms with Crippen LogP contribution in [0.2, 0.25) is 0 Å². The van der Waals surface area contributed by atoms with Crippen molar-refractivity contribution >= 4 is 17.2 Å². The van der Waals surface area contributed by atoms with Crippen molar-refractivity contribution < 1.29 is 0 Å². The molecule has 0 amide bonds. The lowest BCUT2D eigenvalue weighted by molar-refractivity contribution is 0.130. The minimum Gasteiger partial charge on any atom is -0.393 e. The highest BCUT2D eigenvalue weighted by Gasteiger charge is 2.28. The lowest BCUT2D eigenvalue weighted by Gasteiger charge is -2.38. The second-order valence-electron chi connectivity index (χ2n) is 5.59. The molecule has 1 aliphatic carbocycles. The molecule has 2 N–H and O–H groups in total. The minimum atomic E-state index is 0.556. The molecule has 0 unspecified atom stereocenters. The zero-order valence-electron chi connectivity index (χ0n) is 10.3. The van der Waals surface area contributed by atoms with Crippen molar-refractivity contribution in [2.45, 2.75) is 52.0 Å². The van der Waals surface area contributed by atoms with Gasteiger partial charge >= 0.3 is 0 Å². The summed E-state index contributed by atoms with van der Waals surface area (Å²) in [5, 5.41) is 0. The fourth-order valence-corrected chi connectivity index (χ4v) is 2.39. The van der Waals surface area contributed by atoms with Crippen LogP contribution in [-0.2, 0) is 0 Å². The first-order valence-corrected chi connectivity index (χ1v) is 6.30. The molecule has 1 fully saturated rings. The quantitative estimate of drug-likeness (QED) is 0.750. The first-order chi connectivity index (χ1) is 6.91. The van der Waals surface area contributed by atoms with Gasteiger partial charge in [-0.1, -0.05) is 26.1 Å². The molecule has 0 spiro atoms. The average Bonchev–Trinajstić information content (AvgIpc) is 2.14. The summed E-state index contributed by atoms with van der Waals surface area (Å²) in [7, 11) is 2.20. The Bertz CT molecular complexity index is 216. The van der Waals surface area contributed by atoms with E-state index >= 15 is 0 Å². The first-order valence-electron chi connectivity index (χ1n) is 5.89. The van der Waals surface area contributed by atoms with Crippen LogP contribution in [-0.4, -0.2) is 29.5 Å². The zero-order valence-corrected chi connectivity index (χ0v) is 11.1. The summed E-state index contributed by atoms with van der Waals surface area (Å²) in [6.07, 6.45) is 6.18. The molecule has 0 heterocycles. The Morgan fingerprint density at radius 2 is 1.93 bits per heavy atom. The summed E-state index contributed by atoms with van der Waals surface area (Å²) in [6, 6.07) is 0.743. The Labute approximate surface area is 99.2 Å². The molecule has 0 atom stereocenters. The smallest absolute Gasteiger partial charge is 0.0740 e. The maximum absolute atomic E-state index is 5.52. The SMILES string of the molecule is CN(CCC(N)=S)C1CCC(C)(C)CC1. The second kappa shape index (κ2) is 5.26. The van der Waals surface area contributed by atoms with Crippen molar-refractivity contribution in [3.05, 3.63) is 0 Å². The van der Waals surface area contributed by atoms with E-state index in [0.717, 1.165) is 19.0 Å². The molecule has 2 nitrogen and oxygen atoms in total. The molecule has 1 saturated carbocycles. The molecule has 0 saturated heterocycles. The predicted octanol–water partition coefficient (Wildman–Crippen LogP) is 2.56. The summed E-state index contributed by atoms with van der Waals surface area (Å²) in [5.74, 6) is 0. The monoisotopic (exact) mass is 228 g/mol. The molecular formula is C12H24N2S. The van der Waals surface area contributed by atoms with Gasteiger partial charge in [-0.25, -0.2) is 0 Å². The van der Waals surface area contributed by atoms with Crippen molar-refractivity contribution in [1.29, 1.82) is 0 Å². The molecule has 0 radical (unpaired) electrons. The van der Waals surface area contributed by atoms with Gasteiger partial charge in [0.25, 0.3) is 0 Å². The summed E-state index contributed by atoms with van der Waals surface area (Å²) >= 11 is 4.90. The number of nitrogens with zero attached hydrogens (tertiary/aromatic N) is 1. The van der Waals surface area contributed by atoms with Crippen LogP contribution in [0.3, 0.4) is 0 Å². The van der Waals surface area contributed by atoms with Crippen molar-refractivity contribution in [1.82, 2.24) is 4.90 Å². The van der Waals surface area contributed by atoms with Gasteiger partial charge in [0.05, 0.1) is 4.99 Å².